The molecule has 0 aliphatic carbocycles. The van der Waals surface area contributed by atoms with Gasteiger partial charge in [-0.1, -0.05) is 0 Å². The van der Waals surface area contributed by atoms with Gasteiger partial charge in [0.05, 0.1) is 6.04 Å². The number of aryl methyl sites for hydroxylation is 1. The van der Waals surface area contributed by atoms with Crippen molar-refractivity contribution in [2.45, 2.75) is 19.9 Å². The molecular formula is C13H21N3O2. The van der Waals surface area contributed by atoms with Gasteiger partial charge in [0, 0.05) is 39.3 Å². The average molecular weight is 251 g/mol. The van der Waals surface area contributed by atoms with Crippen molar-refractivity contribution in [2.75, 3.05) is 38.1 Å². The van der Waals surface area contributed by atoms with Gasteiger partial charge in [-0.3, -0.25) is 14.6 Å². The van der Waals surface area contributed by atoms with Gasteiger partial charge >= 0.3 is 0 Å². The maximum atomic E-state index is 12.4. The fourth-order valence-electron chi connectivity index (χ4n) is 2.22. The minimum Gasteiger partial charge on any atom is -0.445 e. The smallest absolute Gasteiger partial charge is 0.246 e. The molecule has 1 aliphatic heterocycles. The van der Waals surface area contributed by atoms with Gasteiger partial charge in [-0.05, 0) is 19.9 Å². The predicted octanol–water partition coefficient (Wildman–Crippen LogP) is 0.845. The van der Waals surface area contributed by atoms with Gasteiger partial charge in [0.2, 0.25) is 11.8 Å². The molecule has 0 aromatic carbocycles. The van der Waals surface area contributed by atoms with E-state index in [-0.39, 0.29) is 11.9 Å². The third-order valence-corrected chi connectivity index (χ3v) is 3.44. The van der Waals surface area contributed by atoms with Crippen molar-refractivity contribution < 1.29 is 9.21 Å². The predicted molar refractivity (Wildman–Crippen MR) is 70.8 cm³/mol. The second-order valence-corrected chi connectivity index (χ2v) is 4.74. The first kappa shape index (κ1) is 13.1. The summed E-state index contributed by atoms with van der Waals surface area (Å²) in [6.07, 6.45) is 0. The molecule has 5 nitrogen and oxygen atoms in total. The summed E-state index contributed by atoms with van der Waals surface area (Å²) in [6, 6.07) is 3.59. The highest BCUT2D eigenvalue weighted by Crippen LogP contribution is 2.18. The Bertz CT molecular complexity index is 410. The molecule has 1 fully saturated rings. The van der Waals surface area contributed by atoms with Gasteiger partial charge in [-0.2, -0.15) is 0 Å². The maximum Gasteiger partial charge on any atom is 0.246 e. The zero-order valence-electron chi connectivity index (χ0n) is 11.3. The van der Waals surface area contributed by atoms with Crippen molar-refractivity contribution in [2.24, 2.45) is 0 Å². The second-order valence-electron chi connectivity index (χ2n) is 4.74. The van der Waals surface area contributed by atoms with E-state index in [1.807, 2.05) is 26.0 Å². The summed E-state index contributed by atoms with van der Waals surface area (Å²) < 4.78 is 5.48. The molecule has 1 aliphatic rings. The van der Waals surface area contributed by atoms with Crippen molar-refractivity contribution in [3.63, 3.8) is 0 Å². The number of hydrogen-bond donors (Lipinski definition) is 1. The zero-order valence-corrected chi connectivity index (χ0v) is 11.3. The van der Waals surface area contributed by atoms with Gasteiger partial charge in [0.25, 0.3) is 0 Å². The molecule has 1 saturated heterocycles. The monoisotopic (exact) mass is 251 g/mol. The van der Waals surface area contributed by atoms with Crippen LogP contribution < -0.4 is 10.2 Å². The van der Waals surface area contributed by atoms with E-state index in [1.165, 1.54) is 0 Å². The van der Waals surface area contributed by atoms with Crippen molar-refractivity contribution in [1.82, 2.24) is 10.2 Å². The SMILES string of the molecule is Cc1ccc(N(C)C(=O)C(C)N2CCNCC2)o1. The van der Waals surface area contributed by atoms with Crippen LogP contribution in [0.3, 0.4) is 0 Å². The van der Waals surface area contributed by atoms with E-state index in [1.54, 1.807) is 11.9 Å². The summed E-state index contributed by atoms with van der Waals surface area (Å²) in [5, 5.41) is 3.29. The molecule has 0 spiro atoms. The van der Waals surface area contributed by atoms with E-state index >= 15 is 0 Å². The van der Waals surface area contributed by atoms with Crippen LogP contribution in [-0.2, 0) is 4.79 Å². The Hall–Kier alpha value is -1.33. The molecule has 0 saturated carbocycles. The summed E-state index contributed by atoms with van der Waals surface area (Å²) in [5.41, 5.74) is 0. The topological polar surface area (TPSA) is 48.7 Å². The van der Waals surface area contributed by atoms with Crippen LogP contribution in [0.1, 0.15) is 12.7 Å². The fourth-order valence-corrected chi connectivity index (χ4v) is 2.22. The standard InChI is InChI=1S/C13H21N3O2/c1-10-4-5-12(18-10)15(3)13(17)11(2)16-8-6-14-7-9-16/h4-5,11,14H,6-9H2,1-3H3. The van der Waals surface area contributed by atoms with Crippen LogP contribution in [0, 0.1) is 6.92 Å². The molecule has 1 unspecified atom stereocenters. The molecule has 2 heterocycles. The molecule has 1 atom stereocenters. The van der Waals surface area contributed by atoms with Crippen molar-refractivity contribution in [1.29, 1.82) is 0 Å². The van der Waals surface area contributed by atoms with Gasteiger partial charge in [-0.15, -0.1) is 0 Å². The van der Waals surface area contributed by atoms with Gasteiger partial charge < -0.3 is 9.73 Å². The number of nitrogens with one attached hydrogen (secondary N) is 1. The zero-order chi connectivity index (χ0) is 13.1. The highest BCUT2D eigenvalue weighted by Gasteiger charge is 2.26. The molecule has 1 N–H and O–H groups in total. The van der Waals surface area contributed by atoms with Crippen LogP contribution in [0.25, 0.3) is 0 Å². The summed E-state index contributed by atoms with van der Waals surface area (Å²) in [5.74, 6) is 1.50. The number of carbonyl (C=O) groups excluding carboxylic acids is 1. The summed E-state index contributed by atoms with van der Waals surface area (Å²) in [6.45, 7) is 7.56. The summed E-state index contributed by atoms with van der Waals surface area (Å²) in [4.78, 5) is 16.2. The number of hydrogen-bond acceptors (Lipinski definition) is 4. The number of rotatable bonds is 3. The number of carbonyl (C=O) groups is 1. The quantitative estimate of drug-likeness (QED) is 0.865. The lowest BCUT2D eigenvalue weighted by molar-refractivity contribution is -0.123. The van der Waals surface area contributed by atoms with Crippen molar-refractivity contribution in [3.8, 4) is 0 Å². The molecular weight excluding hydrogens is 230 g/mol. The molecule has 0 radical (unpaired) electrons. The van der Waals surface area contributed by atoms with Gasteiger partial charge in [-0.25, -0.2) is 0 Å². The number of nitrogens with zero attached hydrogens (tertiary/aromatic N) is 2. The van der Waals surface area contributed by atoms with Gasteiger partial charge in [0.1, 0.15) is 5.76 Å². The van der Waals surface area contributed by atoms with E-state index in [0.717, 1.165) is 31.9 Å². The van der Waals surface area contributed by atoms with Crippen LogP contribution in [0.5, 0.6) is 0 Å². The third-order valence-electron chi connectivity index (χ3n) is 3.44. The molecule has 0 bridgehead atoms. The van der Waals surface area contributed by atoms with Crippen molar-refractivity contribution in [3.05, 3.63) is 17.9 Å². The van der Waals surface area contributed by atoms with E-state index in [0.29, 0.717) is 5.88 Å². The highest BCUT2D eigenvalue weighted by molar-refractivity contribution is 5.95. The number of furan rings is 1. The summed E-state index contributed by atoms with van der Waals surface area (Å²) >= 11 is 0. The van der Waals surface area contributed by atoms with Crippen LogP contribution >= 0.6 is 0 Å². The third kappa shape index (κ3) is 2.73. The number of likely N-dealkylation sites (N-methyl/N-ethyl adjacent to an activating group) is 1. The Morgan fingerprint density at radius 1 is 1.44 bits per heavy atom. The molecule has 100 valence electrons. The lowest BCUT2D eigenvalue weighted by atomic mass is 10.2. The van der Waals surface area contributed by atoms with Crippen LogP contribution in [0.2, 0.25) is 0 Å². The first-order chi connectivity index (χ1) is 8.59. The summed E-state index contributed by atoms with van der Waals surface area (Å²) in [7, 11) is 1.76. The normalized spacial score (nSPS) is 18.6. The highest BCUT2D eigenvalue weighted by atomic mass is 16.4. The molecule has 2 rings (SSSR count). The fraction of sp³-hybridized carbons (Fsp3) is 0.615. The lowest BCUT2D eigenvalue weighted by Gasteiger charge is -2.33. The molecule has 18 heavy (non-hydrogen) atoms. The van der Waals surface area contributed by atoms with Crippen LogP contribution in [-0.4, -0.2) is 50.1 Å². The maximum absolute atomic E-state index is 12.4. The molecule has 1 aromatic rings. The Morgan fingerprint density at radius 3 is 2.67 bits per heavy atom. The van der Waals surface area contributed by atoms with E-state index in [2.05, 4.69) is 10.2 Å². The van der Waals surface area contributed by atoms with E-state index in [9.17, 15) is 4.79 Å². The largest absolute Gasteiger partial charge is 0.445 e. The number of piperazine rings is 1. The first-order valence-electron chi connectivity index (χ1n) is 6.38. The Balaban J connectivity index is 2.01. The Labute approximate surface area is 108 Å². The van der Waals surface area contributed by atoms with E-state index < -0.39 is 0 Å². The van der Waals surface area contributed by atoms with Crippen molar-refractivity contribution >= 4 is 11.8 Å². The molecule has 5 heteroatoms. The Morgan fingerprint density at radius 2 is 2.11 bits per heavy atom. The Kier molecular flexibility index (Phi) is 4.04. The van der Waals surface area contributed by atoms with Crippen LogP contribution in [0.15, 0.2) is 16.5 Å². The average Bonchev–Trinajstić information content (AvgIpc) is 2.84. The second kappa shape index (κ2) is 5.54. The number of amides is 1. The van der Waals surface area contributed by atoms with E-state index in [4.69, 9.17) is 4.42 Å². The van der Waals surface area contributed by atoms with Gasteiger partial charge in [0.15, 0.2) is 0 Å². The lowest BCUT2D eigenvalue weighted by Crippen LogP contribution is -2.53. The molecule has 1 amide bonds. The minimum absolute atomic E-state index is 0.0752. The minimum atomic E-state index is -0.109. The number of anilines is 1. The molecule has 1 aromatic heterocycles. The van der Waals surface area contributed by atoms with Crippen LogP contribution in [0.4, 0.5) is 5.88 Å². The first-order valence-corrected chi connectivity index (χ1v) is 6.38.